The first-order valence-corrected chi connectivity index (χ1v) is 9.79. The Morgan fingerprint density at radius 1 is 0.964 bits per heavy atom. The zero-order valence-electron chi connectivity index (χ0n) is 16.5. The molecule has 148 valence electrons. The lowest BCUT2D eigenvalue weighted by Crippen LogP contribution is -2.43. The molecule has 28 heavy (non-hydrogen) atoms. The van der Waals surface area contributed by atoms with Crippen LogP contribution < -0.4 is 20.5 Å². The smallest absolute Gasteiger partial charge is 0.276 e. The van der Waals surface area contributed by atoms with Crippen LogP contribution in [0.5, 0.6) is 5.75 Å². The molecule has 0 fully saturated rings. The zero-order chi connectivity index (χ0) is 19.9. The van der Waals surface area contributed by atoms with Crippen molar-refractivity contribution in [2.24, 2.45) is 0 Å². The van der Waals surface area contributed by atoms with Crippen molar-refractivity contribution >= 4 is 17.5 Å². The van der Waals surface area contributed by atoms with Crippen LogP contribution in [0.15, 0.2) is 42.5 Å². The molecule has 0 unspecified atom stereocenters. The number of ether oxygens (including phenoxy) is 1. The van der Waals surface area contributed by atoms with Crippen LogP contribution in [0.3, 0.4) is 0 Å². The maximum atomic E-state index is 12.2. The molecule has 0 saturated carbocycles. The number of rotatable bonds is 7. The lowest BCUT2D eigenvalue weighted by Gasteiger charge is -2.21. The molecule has 0 aromatic heterocycles. The monoisotopic (exact) mass is 381 g/mol. The average molecular weight is 381 g/mol. The van der Waals surface area contributed by atoms with E-state index >= 15 is 0 Å². The number of hydrazine groups is 1. The second-order valence-corrected chi connectivity index (χ2v) is 6.79. The maximum Gasteiger partial charge on any atom is 0.276 e. The van der Waals surface area contributed by atoms with E-state index in [1.807, 2.05) is 24.3 Å². The summed E-state index contributed by atoms with van der Waals surface area (Å²) < 4.78 is 5.53. The number of nitrogens with zero attached hydrogens (tertiary/aromatic N) is 1. The molecule has 0 heterocycles. The summed E-state index contributed by atoms with van der Waals surface area (Å²) >= 11 is 0. The van der Waals surface area contributed by atoms with Crippen molar-refractivity contribution in [3.63, 3.8) is 0 Å². The number of hydrogen-bond acceptors (Lipinski definition) is 4. The lowest BCUT2D eigenvalue weighted by atomic mass is 10.1. The number of fused-ring (bicyclic) bond motifs is 1. The quantitative estimate of drug-likeness (QED) is 0.724. The van der Waals surface area contributed by atoms with E-state index in [2.05, 4.69) is 35.7 Å². The average Bonchev–Trinajstić information content (AvgIpc) is 3.19. The van der Waals surface area contributed by atoms with Gasteiger partial charge in [-0.05, 0) is 80.6 Å². The van der Waals surface area contributed by atoms with Crippen molar-refractivity contribution in [3.05, 3.63) is 59.2 Å². The number of carbonyl (C=O) groups is 2. The van der Waals surface area contributed by atoms with Crippen molar-refractivity contribution in [1.82, 2.24) is 10.9 Å². The molecular weight excluding hydrogens is 354 g/mol. The van der Waals surface area contributed by atoms with Gasteiger partial charge in [-0.25, -0.2) is 0 Å². The highest BCUT2D eigenvalue weighted by Crippen LogP contribution is 2.25. The molecule has 2 amide bonds. The van der Waals surface area contributed by atoms with E-state index in [4.69, 9.17) is 4.74 Å². The molecular formula is C22H27N3O3. The molecule has 1 aliphatic carbocycles. The van der Waals surface area contributed by atoms with Crippen molar-refractivity contribution in [2.45, 2.75) is 33.1 Å². The van der Waals surface area contributed by atoms with Crippen LogP contribution in [0.1, 0.15) is 41.8 Å². The third-order valence-corrected chi connectivity index (χ3v) is 5.01. The molecule has 3 rings (SSSR count). The van der Waals surface area contributed by atoms with Crippen LogP contribution in [-0.2, 0) is 17.6 Å². The first-order chi connectivity index (χ1) is 13.6. The summed E-state index contributed by atoms with van der Waals surface area (Å²) in [7, 11) is 0. The molecule has 2 aromatic carbocycles. The third kappa shape index (κ3) is 4.82. The van der Waals surface area contributed by atoms with Gasteiger partial charge in [-0.1, -0.05) is 6.07 Å². The van der Waals surface area contributed by atoms with E-state index in [0.29, 0.717) is 11.3 Å². The fraction of sp³-hybridized carbons (Fsp3) is 0.364. The Kier molecular flexibility index (Phi) is 6.53. The molecule has 0 atom stereocenters. The number of aryl methyl sites for hydroxylation is 2. The summed E-state index contributed by atoms with van der Waals surface area (Å²) in [5.41, 5.74) is 9.00. The molecule has 0 bridgehead atoms. The number of carbonyl (C=O) groups excluding carboxylic acids is 2. The highest BCUT2D eigenvalue weighted by Gasteiger charge is 2.12. The van der Waals surface area contributed by atoms with Gasteiger partial charge >= 0.3 is 0 Å². The van der Waals surface area contributed by atoms with E-state index in [1.54, 1.807) is 12.1 Å². The Labute approximate surface area is 165 Å². The van der Waals surface area contributed by atoms with Crippen LogP contribution in [0.25, 0.3) is 0 Å². The number of nitrogens with one attached hydrogen (secondary N) is 2. The van der Waals surface area contributed by atoms with Gasteiger partial charge in [0.05, 0.1) is 0 Å². The van der Waals surface area contributed by atoms with Gasteiger partial charge in [0.2, 0.25) is 0 Å². The molecule has 1 aliphatic rings. The standard InChI is InChI=1S/C22H27N3O3/c1-3-25(4-2)19-11-8-17(9-12-19)22(27)24-23-21(26)15-28-20-13-10-16-6-5-7-18(16)14-20/h8-14H,3-7,15H2,1-2H3,(H,23,26)(H,24,27). The largest absolute Gasteiger partial charge is 0.484 e. The maximum absolute atomic E-state index is 12.2. The lowest BCUT2D eigenvalue weighted by molar-refractivity contribution is -0.123. The first-order valence-electron chi connectivity index (χ1n) is 9.79. The van der Waals surface area contributed by atoms with Gasteiger partial charge in [0.1, 0.15) is 5.75 Å². The number of amides is 2. The first kappa shape index (κ1) is 19.7. The van der Waals surface area contributed by atoms with Crippen molar-refractivity contribution < 1.29 is 14.3 Å². The normalized spacial score (nSPS) is 12.2. The second kappa shape index (κ2) is 9.26. The number of benzene rings is 2. The van der Waals surface area contributed by atoms with Crippen molar-refractivity contribution in [2.75, 3.05) is 24.6 Å². The van der Waals surface area contributed by atoms with Crippen LogP contribution in [0, 0.1) is 0 Å². The minimum absolute atomic E-state index is 0.153. The van der Waals surface area contributed by atoms with Gasteiger partial charge in [0, 0.05) is 24.3 Å². The Balaban J connectivity index is 1.45. The van der Waals surface area contributed by atoms with E-state index in [0.717, 1.165) is 31.6 Å². The zero-order valence-corrected chi connectivity index (χ0v) is 16.5. The minimum Gasteiger partial charge on any atom is -0.484 e. The fourth-order valence-electron chi connectivity index (χ4n) is 3.43. The van der Waals surface area contributed by atoms with E-state index in [9.17, 15) is 9.59 Å². The number of hydrogen-bond donors (Lipinski definition) is 2. The fourth-order valence-corrected chi connectivity index (χ4v) is 3.43. The molecule has 0 saturated heterocycles. The van der Waals surface area contributed by atoms with E-state index < -0.39 is 5.91 Å². The minimum atomic E-state index is -0.409. The molecule has 2 N–H and O–H groups in total. The van der Waals surface area contributed by atoms with Crippen LogP contribution in [0.2, 0.25) is 0 Å². The predicted octanol–water partition coefficient (Wildman–Crippen LogP) is 2.86. The third-order valence-electron chi connectivity index (χ3n) is 5.01. The van der Waals surface area contributed by atoms with E-state index in [-0.39, 0.29) is 12.5 Å². The van der Waals surface area contributed by atoms with Gasteiger partial charge < -0.3 is 9.64 Å². The summed E-state index contributed by atoms with van der Waals surface area (Å²) in [4.78, 5) is 26.3. The van der Waals surface area contributed by atoms with Gasteiger partial charge in [0.25, 0.3) is 11.8 Å². The SMILES string of the molecule is CCN(CC)c1ccc(C(=O)NNC(=O)COc2ccc3c(c2)CCC3)cc1. The summed E-state index contributed by atoms with van der Waals surface area (Å²) in [5, 5.41) is 0. The summed E-state index contributed by atoms with van der Waals surface area (Å²) in [6.45, 7) is 5.83. The molecule has 6 heteroatoms. The Hall–Kier alpha value is -3.02. The van der Waals surface area contributed by atoms with Crippen LogP contribution in [0.4, 0.5) is 5.69 Å². The van der Waals surface area contributed by atoms with Gasteiger partial charge in [0.15, 0.2) is 6.61 Å². The Morgan fingerprint density at radius 2 is 1.68 bits per heavy atom. The summed E-state index contributed by atoms with van der Waals surface area (Å²) in [6.07, 6.45) is 3.33. The van der Waals surface area contributed by atoms with Crippen molar-refractivity contribution in [1.29, 1.82) is 0 Å². The molecule has 6 nitrogen and oxygen atoms in total. The Morgan fingerprint density at radius 3 is 2.39 bits per heavy atom. The van der Waals surface area contributed by atoms with E-state index in [1.165, 1.54) is 17.5 Å². The highest BCUT2D eigenvalue weighted by atomic mass is 16.5. The molecule has 0 aliphatic heterocycles. The Bertz CT molecular complexity index is 829. The van der Waals surface area contributed by atoms with Gasteiger partial charge in [-0.3, -0.25) is 20.4 Å². The van der Waals surface area contributed by atoms with Gasteiger partial charge in [-0.15, -0.1) is 0 Å². The predicted molar refractivity (Wildman–Crippen MR) is 110 cm³/mol. The second-order valence-electron chi connectivity index (χ2n) is 6.79. The van der Waals surface area contributed by atoms with Crippen LogP contribution >= 0.6 is 0 Å². The molecule has 2 aromatic rings. The summed E-state index contributed by atoms with van der Waals surface area (Å²) in [6, 6.07) is 13.2. The highest BCUT2D eigenvalue weighted by molar-refractivity contribution is 5.95. The molecule has 0 spiro atoms. The number of anilines is 1. The van der Waals surface area contributed by atoms with Gasteiger partial charge in [-0.2, -0.15) is 0 Å². The van der Waals surface area contributed by atoms with Crippen molar-refractivity contribution in [3.8, 4) is 5.75 Å². The molecule has 0 radical (unpaired) electrons. The summed E-state index contributed by atoms with van der Waals surface area (Å²) in [5.74, 6) is -0.0975. The topological polar surface area (TPSA) is 70.7 Å². The van der Waals surface area contributed by atoms with Crippen LogP contribution in [-0.4, -0.2) is 31.5 Å².